The topological polar surface area (TPSA) is 146 Å². The molecule has 0 amide bonds. The molecule has 0 unspecified atom stereocenters. The zero-order valence-electron chi connectivity index (χ0n) is 24.5. The monoisotopic (exact) mass is 645 g/mol. The first kappa shape index (κ1) is 60.9. The van der Waals surface area contributed by atoms with Gasteiger partial charge in [-0.1, -0.05) is 64.8 Å². The molecular weight excluding hydrogens is 568 g/mol. The van der Waals surface area contributed by atoms with Crippen LogP contribution < -0.4 is 0 Å². The molecule has 0 saturated carbocycles. The van der Waals surface area contributed by atoms with E-state index in [1.54, 1.807) is 0 Å². The smallest absolute Gasteiger partial charge is 0.311 e. The van der Waals surface area contributed by atoms with Gasteiger partial charge in [0, 0.05) is 19.4 Å². The average molecular weight is 645 g/mol. The lowest BCUT2D eigenvalue weighted by Crippen LogP contribution is -2.27. The van der Waals surface area contributed by atoms with Gasteiger partial charge in [-0.2, -0.15) is 0 Å². The van der Waals surface area contributed by atoms with Gasteiger partial charge in [-0.25, -0.2) is 0 Å². The van der Waals surface area contributed by atoms with E-state index >= 15 is 0 Å². The number of unbranched alkanes of at least 4 members (excludes halogenated alkanes) is 2. The Bertz CT molecular complexity index is 650. The Kier molecular flexibility index (Phi) is 51.2. The van der Waals surface area contributed by atoms with Gasteiger partial charge in [-0.3, -0.25) is 19.2 Å². The number of hydrogen-bond acceptors (Lipinski definition) is 10. The number of ether oxygens (including phenoxy) is 4. The molecule has 0 aromatic rings. The fraction of sp³-hybridized carbons (Fsp3) is 0.882. The number of rotatable bonds is 14. The standard InChI is InChI=1S/C14H26O5.C8H16O3.C6H10O2.6CH4/c1-4-14(2,3)13(17)19-11-10-18-12(16)8-6-5-7-9-15;1-4-8(2,3)7(10)11-6-5-9;7-6-4-2-1-3-5-8-6;;;;;;/h15H,4-11H2,1-3H3;9H,4-6H2,1-3H3;1-5H2;6*1H4. The van der Waals surface area contributed by atoms with Crippen LogP contribution in [0.2, 0.25) is 0 Å². The van der Waals surface area contributed by atoms with Crippen molar-refractivity contribution < 1.29 is 48.3 Å². The van der Waals surface area contributed by atoms with Crippen LogP contribution >= 0.6 is 0 Å². The molecule has 0 spiro atoms. The number of aliphatic hydroxyl groups is 2. The van der Waals surface area contributed by atoms with E-state index in [4.69, 9.17) is 29.2 Å². The van der Waals surface area contributed by atoms with Crippen LogP contribution in [0.1, 0.15) is 150 Å². The molecule has 0 aliphatic carbocycles. The van der Waals surface area contributed by atoms with Crippen LogP contribution in [0.15, 0.2) is 0 Å². The largest absolute Gasteiger partial charge is 0.466 e. The number of carbonyl (C=O) groups excluding carboxylic acids is 4. The predicted molar refractivity (Wildman–Crippen MR) is 183 cm³/mol. The average Bonchev–Trinajstić information content (AvgIpc) is 3.15. The quantitative estimate of drug-likeness (QED) is 0.109. The molecule has 0 atom stereocenters. The molecule has 44 heavy (non-hydrogen) atoms. The van der Waals surface area contributed by atoms with Crippen molar-refractivity contribution in [1.82, 2.24) is 0 Å². The van der Waals surface area contributed by atoms with Gasteiger partial charge in [-0.05, 0) is 72.6 Å². The first-order valence-electron chi connectivity index (χ1n) is 13.7. The van der Waals surface area contributed by atoms with Gasteiger partial charge in [0.15, 0.2) is 0 Å². The van der Waals surface area contributed by atoms with Crippen LogP contribution in [-0.2, 0) is 38.1 Å². The Labute approximate surface area is 273 Å². The minimum Gasteiger partial charge on any atom is -0.466 e. The first-order valence-corrected chi connectivity index (χ1v) is 13.7. The van der Waals surface area contributed by atoms with Crippen molar-refractivity contribution in [3.63, 3.8) is 0 Å². The number of hydrogen-bond donors (Lipinski definition) is 2. The number of cyclic esters (lactones) is 1. The second-order valence-electron chi connectivity index (χ2n) is 10.3. The van der Waals surface area contributed by atoms with Crippen molar-refractivity contribution in [3.05, 3.63) is 0 Å². The highest BCUT2D eigenvalue weighted by atomic mass is 16.6. The lowest BCUT2D eigenvalue weighted by molar-refractivity contribution is -0.159. The molecular formula is C34H76O10. The molecule has 0 aromatic carbocycles. The van der Waals surface area contributed by atoms with Crippen LogP contribution in [0.5, 0.6) is 0 Å². The van der Waals surface area contributed by atoms with Gasteiger partial charge in [0.25, 0.3) is 0 Å². The Hall–Kier alpha value is -2.20. The van der Waals surface area contributed by atoms with E-state index in [9.17, 15) is 19.2 Å². The van der Waals surface area contributed by atoms with Gasteiger partial charge in [0.05, 0.1) is 24.0 Å². The molecule has 1 saturated heterocycles. The highest BCUT2D eigenvalue weighted by Crippen LogP contribution is 2.21. The molecule has 0 bridgehead atoms. The summed E-state index contributed by atoms with van der Waals surface area (Å²) in [5.74, 6) is -0.825. The van der Waals surface area contributed by atoms with E-state index in [2.05, 4.69) is 0 Å². The maximum Gasteiger partial charge on any atom is 0.311 e. The normalized spacial score (nSPS) is 11.6. The van der Waals surface area contributed by atoms with E-state index < -0.39 is 10.8 Å². The summed E-state index contributed by atoms with van der Waals surface area (Å²) in [6.07, 6.45) is 7.85. The van der Waals surface area contributed by atoms with Crippen LogP contribution in [0, 0.1) is 10.8 Å². The van der Waals surface area contributed by atoms with Crippen molar-refractivity contribution in [2.75, 3.05) is 39.6 Å². The number of carbonyl (C=O) groups is 4. The van der Waals surface area contributed by atoms with Crippen molar-refractivity contribution in [3.8, 4) is 0 Å². The van der Waals surface area contributed by atoms with E-state index in [-0.39, 0.29) is 101 Å². The molecule has 10 heteroatoms. The van der Waals surface area contributed by atoms with Gasteiger partial charge < -0.3 is 29.2 Å². The molecule has 272 valence electrons. The van der Waals surface area contributed by atoms with Crippen LogP contribution in [-0.4, -0.2) is 73.7 Å². The minimum absolute atomic E-state index is 0. The summed E-state index contributed by atoms with van der Waals surface area (Å²) in [7, 11) is 0. The molecule has 1 aliphatic heterocycles. The van der Waals surface area contributed by atoms with Gasteiger partial charge in [0.2, 0.25) is 0 Å². The van der Waals surface area contributed by atoms with Crippen LogP contribution in [0.3, 0.4) is 0 Å². The fourth-order valence-corrected chi connectivity index (χ4v) is 2.54. The van der Waals surface area contributed by atoms with Crippen molar-refractivity contribution in [2.24, 2.45) is 10.8 Å². The van der Waals surface area contributed by atoms with Gasteiger partial charge >= 0.3 is 23.9 Å². The SMILES string of the molecule is C.C.C.C.C.C.CCC(C)(C)C(=O)OCCO.CCC(C)(C)C(=O)OCCOC(=O)CCCCCO.O=C1CCCCCO1. The third kappa shape index (κ3) is 34.3. The lowest BCUT2D eigenvalue weighted by Gasteiger charge is -2.20. The zero-order valence-corrected chi connectivity index (χ0v) is 24.5. The summed E-state index contributed by atoms with van der Waals surface area (Å²) in [5, 5.41) is 17.0. The molecule has 10 nitrogen and oxygen atoms in total. The van der Waals surface area contributed by atoms with E-state index in [1.165, 1.54) is 0 Å². The highest BCUT2D eigenvalue weighted by Gasteiger charge is 2.27. The van der Waals surface area contributed by atoms with Gasteiger partial charge in [-0.15, -0.1) is 0 Å². The third-order valence-electron chi connectivity index (χ3n) is 6.10. The number of esters is 4. The first-order chi connectivity index (χ1) is 17.9. The van der Waals surface area contributed by atoms with E-state index in [0.717, 1.165) is 32.1 Å². The number of aliphatic hydroxyl groups excluding tert-OH is 2. The maximum atomic E-state index is 11.6. The summed E-state index contributed by atoms with van der Waals surface area (Å²) in [6, 6.07) is 0. The van der Waals surface area contributed by atoms with Crippen molar-refractivity contribution in [1.29, 1.82) is 0 Å². The highest BCUT2D eigenvalue weighted by molar-refractivity contribution is 5.76. The molecule has 0 radical (unpaired) electrons. The summed E-state index contributed by atoms with van der Waals surface area (Å²) in [5.41, 5.74) is -0.913. The van der Waals surface area contributed by atoms with Crippen LogP contribution in [0.4, 0.5) is 0 Å². The Balaban J connectivity index is -0.0000000747. The second-order valence-corrected chi connectivity index (χ2v) is 10.3. The van der Waals surface area contributed by atoms with Gasteiger partial charge in [0.1, 0.15) is 19.8 Å². The van der Waals surface area contributed by atoms with E-state index in [0.29, 0.717) is 38.7 Å². The molecule has 1 heterocycles. The predicted octanol–water partition coefficient (Wildman–Crippen LogP) is 7.94. The summed E-state index contributed by atoms with van der Waals surface area (Å²) in [4.78, 5) is 44.5. The molecule has 1 rings (SSSR count). The van der Waals surface area contributed by atoms with Crippen molar-refractivity contribution in [2.45, 2.75) is 150 Å². The molecule has 0 aromatic heterocycles. The summed E-state index contributed by atoms with van der Waals surface area (Å²) >= 11 is 0. The third-order valence-corrected chi connectivity index (χ3v) is 6.10. The summed E-state index contributed by atoms with van der Waals surface area (Å²) in [6.45, 7) is 12.1. The zero-order chi connectivity index (χ0) is 29.5. The Morgan fingerprint density at radius 3 is 1.61 bits per heavy atom. The summed E-state index contributed by atoms with van der Waals surface area (Å²) < 4.78 is 19.5. The Morgan fingerprint density at radius 1 is 0.682 bits per heavy atom. The fourth-order valence-electron chi connectivity index (χ4n) is 2.54. The molecule has 2 N–H and O–H groups in total. The minimum atomic E-state index is -0.492. The molecule has 1 aliphatic rings. The van der Waals surface area contributed by atoms with Crippen LogP contribution in [0.25, 0.3) is 0 Å². The Morgan fingerprint density at radius 2 is 1.16 bits per heavy atom. The van der Waals surface area contributed by atoms with E-state index in [1.807, 2.05) is 41.5 Å². The van der Waals surface area contributed by atoms with Crippen molar-refractivity contribution >= 4 is 23.9 Å². The second kappa shape index (κ2) is 37.0. The molecule has 1 fully saturated rings. The maximum absolute atomic E-state index is 11.6. The lowest BCUT2D eigenvalue weighted by atomic mass is 9.91.